The Bertz CT molecular complexity index is 354. The van der Waals surface area contributed by atoms with Crippen molar-refractivity contribution < 1.29 is 23.6 Å². The maximum absolute atomic E-state index is 11.7. The number of amides is 2. The SMILES string of the molecule is CC[N+]1([C@H]2CCOC2=O)C(=O)C=CC1=O. The molecule has 15 heavy (non-hydrogen) atoms. The molecule has 5 heteroatoms. The topological polar surface area (TPSA) is 60.4 Å². The van der Waals surface area contributed by atoms with E-state index in [4.69, 9.17) is 4.74 Å². The van der Waals surface area contributed by atoms with Crippen molar-refractivity contribution in [2.45, 2.75) is 19.4 Å². The van der Waals surface area contributed by atoms with Crippen molar-refractivity contribution in [1.82, 2.24) is 0 Å². The molecule has 1 fully saturated rings. The molecule has 0 saturated carbocycles. The Labute approximate surface area is 86.9 Å². The summed E-state index contributed by atoms with van der Waals surface area (Å²) in [4.78, 5) is 34.9. The molecule has 0 unspecified atom stereocenters. The molecular weight excluding hydrogens is 198 g/mol. The first-order valence-electron chi connectivity index (χ1n) is 4.94. The van der Waals surface area contributed by atoms with Gasteiger partial charge in [0.2, 0.25) is 6.04 Å². The van der Waals surface area contributed by atoms with Gasteiger partial charge in [0.25, 0.3) is 0 Å². The molecule has 0 N–H and O–H groups in total. The predicted octanol–water partition coefficient (Wildman–Crippen LogP) is -0.238. The zero-order valence-electron chi connectivity index (χ0n) is 8.43. The van der Waals surface area contributed by atoms with E-state index in [1.807, 2.05) is 0 Å². The number of carbonyl (C=O) groups is 3. The molecule has 0 aromatic carbocycles. The Morgan fingerprint density at radius 1 is 1.33 bits per heavy atom. The van der Waals surface area contributed by atoms with Crippen LogP contribution in [0.2, 0.25) is 0 Å². The summed E-state index contributed by atoms with van der Waals surface area (Å²) in [6.07, 6.45) is 2.93. The molecule has 0 radical (unpaired) electrons. The summed E-state index contributed by atoms with van der Waals surface area (Å²) in [5.41, 5.74) is 0. The number of quaternary nitrogens is 1. The Morgan fingerprint density at radius 2 is 1.93 bits per heavy atom. The highest BCUT2D eigenvalue weighted by atomic mass is 16.5. The highest BCUT2D eigenvalue weighted by Gasteiger charge is 2.56. The Kier molecular flexibility index (Phi) is 2.19. The first-order chi connectivity index (χ1) is 7.13. The zero-order chi connectivity index (χ0) is 11.1. The van der Waals surface area contributed by atoms with E-state index in [2.05, 4.69) is 0 Å². The Balaban J connectivity index is 2.41. The van der Waals surface area contributed by atoms with Crippen molar-refractivity contribution in [1.29, 1.82) is 0 Å². The summed E-state index contributed by atoms with van der Waals surface area (Å²) in [5, 5.41) is 0. The minimum absolute atomic E-state index is 0.296. The predicted molar refractivity (Wildman–Crippen MR) is 49.3 cm³/mol. The van der Waals surface area contributed by atoms with Crippen molar-refractivity contribution >= 4 is 17.8 Å². The average Bonchev–Trinajstić information content (AvgIpc) is 2.74. The Morgan fingerprint density at radius 3 is 2.33 bits per heavy atom. The number of ether oxygens (including phenoxy) is 1. The van der Waals surface area contributed by atoms with Crippen LogP contribution in [0, 0.1) is 0 Å². The lowest BCUT2D eigenvalue weighted by molar-refractivity contribution is -0.786. The average molecular weight is 210 g/mol. The van der Waals surface area contributed by atoms with Gasteiger partial charge < -0.3 is 4.74 Å². The summed E-state index contributed by atoms with van der Waals surface area (Å²) < 4.78 is 4.40. The monoisotopic (exact) mass is 210 g/mol. The van der Waals surface area contributed by atoms with Crippen molar-refractivity contribution in [2.24, 2.45) is 0 Å². The van der Waals surface area contributed by atoms with E-state index in [9.17, 15) is 14.4 Å². The number of nitrogens with zero attached hydrogens (tertiary/aromatic N) is 1. The van der Waals surface area contributed by atoms with Crippen LogP contribution in [0.25, 0.3) is 0 Å². The molecule has 2 aliphatic rings. The number of carbonyl (C=O) groups excluding carboxylic acids is 3. The van der Waals surface area contributed by atoms with Gasteiger partial charge in [-0.25, -0.2) is 14.4 Å². The molecule has 5 nitrogen and oxygen atoms in total. The van der Waals surface area contributed by atoms with Crippen LogP contribution >= 0.6 is 0 Å². The first-order valence-corrected chi connectivity index (χ1v) is 4.94. The molecule has 2 heterocycles. The molecule has 1 saturated heterocycles. The molecule has 0 aliphatic carbocycles. The van der Waals surface area contributed by atoms with E-state index in [1.165, 1.54) is 12.2 Å². The van der Waals surface area contributed by atoms with Gasteiger partial charge in [-0.2, -0.15) is 4.48 Å². The normalized spacial score (nSPS) is 28.6. The third kappa shape index (κ3) is 1.16. The van der Waals surface area contributed by atoms with Gasteiger partial charge in [0.1, 0.15) is 0 Å². The number of rotatable bonds is 2. The van der Waals surface area contributed by atoms with E-state index in [1.54, 1.807) is 6.92 Å². The minimum Gasteiger partial charge on any atom is -0.461 e. The standard InChI is InChI=1S/C10H12NO4/c1-2-11(7-5-6-15-10(7)14)8(12)3-4-9(11)13/h3-4,7H,2,5-6H2,1H3/q+1/t7-/m0/s1. The number of imide groups is 1. The van der Waals surface area contributed by atoms with Crippen LogP contribution in [-0.2, 0) is 19.1 Å². The van der Waals surface area contributed by atoms with Crippen molar-refractivity contribution in [3.8, 4) is 0 Å². The fourth-order valence-electron chi connectivity index (χ4n) is 2.24. The largest absolute Gasteiger partial charge is 0.461 e. The van der Waals surface area contributed by atoms with Gasteiger partial charge in [-0.05, 0) is 6.92 Å². The van der Waals surface area contributed by atoms with Crippen LogP contribution in [0.1, 0.15) is 13.3 Å². The van der Waals surface area contributed by atoms with Gasteiger partial charge in [-0.15, -0.1) is 0 Å². The highest BCUT2D eigenvalue weighted by Crippen LogP contribution is 2.27. The van der Waals surface area contributed by atoms with E-state index in [0.717, 1.165) is 0 Å². The van der Waals surface area contributed by atoms with Crippen LogP contribution < -0.4 is 0 Å². The van der Waals surface area contributed by atoms with Crippen LogP contribution in [0.15, 0.2) is 12.2 Å². The summed E-state index contributed by atoms with van der Waals surface area (Å²) in [6.45, 7) is 2.32. The second-order valence-corrected chi connectivity index (χ2v) is 3.67. The second-order valence-electron chi connectivity index (χ2n) is 3.67. The van der Waals surface area contributed by atoms with Crippen molar-refractivity contribution in [3.63, 3.8) is 0 Å². The minimum atomic E-state index is -0.648. The van der Waals surface area contributed by atoms with Crippen LogP contribution in [0.3, 0.4) is 0 Å². The molecule has 2 rings (SSSR count). The maximum Gasteiger partial charge on any atom is 0.366 e. The molecule has 0 aromatic heterocycles. The van der Waals surface area contributed by atoms with Gasteiger partial charge in [-0.1, -0.05) is 0 Å². The van der Waals surface area contributed by atoms with Gasteiger partial charge in [0, 0.05) is 6.42 Å². The second kappa shape index (κ2) is 3.27. The number of esters is 1. The number of cyclic esters (lactones) is 1. The molecule has 1 atom stereocenters. The first kappa shape index (κ1) is 10.0. The van der Waals surface area contributed by atoms with E-state index in [0.29, 0.717) is 19.6 Å². The number of hydrogen-bond donors (Lipinski definition) is 0. The fraction of sp³-hybridized carbons (Fsp3) is 0.500. The summed E-state index contributed by atoms with van der Waals surface area (Å²) >= 11 is 0. The van der Waals surface area contributed by atoms with Gasteiger partial charge in [-0.3, -0.25) is 0 Å². The quantitative estimate of drug-likeness (QED) is 0.358. The molecule has 2 amide bonds. The van der Waals surface area contributed by atoms with Gasteiger partial charge in [0.05, 0.1) is 25.3 Å². The van der Waals surface area contributed by atoms with E-state index < -0.39 is 16.5 Å². The lowest BCUT2D eigenvalue weighted by Crippen LogP contribution is -2.61. The van der Waals surface area contributed by atoms with Crippen LogP contribution in [0.4, 0.5) is 0 Å². The van der Waals surface area contributed by atoms with E-state index >= 15 is 0 Å². The van der Waals surface area contributed by atoms with Gasteiger partial charge in [0.15, 0.2) is 0 Å². The third-order valence-corrected chi connectivity index (χ3v) is 3.09. The van der Waals surface area contributed by atoms with Crippen LogP contribution in [0.5, 0.6) is 0 Å². The summed E-state index contributed by atoms with van der Waals surface area (Å²) in [7, 11) is 0. The summed E-state index contributed by atoms with van der Waals surface area (Å²) in [5.74, 6) is -1.07. The zero-order valence-corrected chi connectivity index (χ0v) is 8.43. The molecule has 80 valence electrons. The van der Waals surface area contributed by atoms with Gasteiger partial charge >= 0.3 is 17.8 Å². The molecule has 0 bridgehead atoms. The maximum atomic E-state index is 11.7. The fourth-order valence-corrected chi connectivity index (χ4v) is 2.24. The molecule has 2 aliphatic heterocycles. The molecule has 0 aromatic rings. The lowest BCUT2D eigenvalue weighted by atomic mass is 10.1. The van der Waals surface area contributed by atoms with Crippen molar-refractivity contribution in [3.05, 3.63) is 12.2 Å². The van der Waals surface area contributed by atoms with Crippen LogP contribution in [-0.4, -0.2) is 41.5 Å². The number of likely N-dealkylation sites (N-methyl/N-ethyl adjacent to an activating group) is 1. The highest BCUT2D eigenvalue weighted by molar-refractivity contribution is 6.05. The Hall–Kier alpha value is -1.49. The number of hydrogen-bond acceptors (Lipinski definition) is 4. The molecule has 0 spiro atoms. The lowest BCUT2D eigenvalue weighted by Gasteiger charge is -2.30. The molecular formula is C10H12NO4+. The third-order valence-electron chi connectivity index (χ3n) is 3.09. The van der Waals surface area contributed by atoms with E-state index in [-0.39, 0.29) is 11.8 Å². The van der Waals surface area contributed by atoms with Crippen molar-refractivity contribution in [2.75, 3.05) is 13.2 Å². The smallest absolute Gasteiger partial charge is 0.366 e. The summed E-state index contributed by atoms with van der Waals surface area (Å²) in [6, 6.07) is -0.648.